The summed E-state index contributed by atoms with van der Waals surface area (Å²) in [7, 11) is 0. The highest BCUT2D eigenvalue weighted by atomic mass is 35.5. The molecule has 6 aliphatic carbocycles. The monoisotopic (exact) mass is 731 g/mol. The van der Waals surface area contributed by atoms with Crippen molar-refractivity contribution in [1.82, 2.24) is 4.90 Å². The number of aliphatic hydroxyl groups excluding tert-OH is 1. The summed E-state index contributed by atoms with van der Waals surface area (Å²) in [6.07, 6.45) is 7.69. The third-order valence-corrected chi connectivity index (χ3v) is 15.4. The number of halogens is 4. The van der Waals surface area contributed by atoms with Gasteiger partial charge in [-0.3, -0.25) is 9.69 Å². The van der Waals surface area contributed by atoms with E-state index in [2.05, 4.69) is 61.2 Å². The van der Waals surface area contributed by atoms with Crippen molar-refractivity contribution in [3.8, 4) is 11.3 Å². The third-order valence-electron chi connectivity index (χ3n) is 15.0. The van der Waals surface area contributed by atoms with E-state index in [9.17, 15) is 28.2 Å². The first-order valence-corrected chi connectivity index (χ1v) is 19.2. The molecule has 8 unspecified atom stereocenters. The van der Waals surface area contributed by atoms with Gasteiger partial charge < -0.3 is 14.6 Å². The Morgan fingerprint density at radius 2 is 1.69 bits per heavy atom. The molecule has 0 saturated heterocycles. The standard InChI is InChI=1S/C43H45ClF3NO4/c1-38-15-11-29(49)22-40(38)18-19-42(31(23-40)37(50)34-10-9-33(52-34)30-21-28(43(45,46)47)7-8-32(30)44)35(38)12-16-39(2)36(42)13-17-41(39,51)25-48-20-14-26-5-3-4-6-27(26)24-48/h3-10,18-19,21,23,29,35-36,49,51H,11-17,20,22,24-25H2,1-2H3. The van der Waals surface area contributed by atoms with E-state index < -0.39 is 39.7 Å². The fourth-order valence-electron chi connectivity index (χ4n) is 12.3. The molecule has 2 heterocycles. The Bertz CT molecular complexity index is 2040. The van der Waals surface area contributed by atoms with Gasteiger partial charge in [-0.15, -0.1) is 0 Å². The Hall–Kier alpha value is -3.17. The second-order valence-corrected chi connectivity index (χ2v) is 17.6. The fourth-order valence-corrected chi connectivity index (χ4v) is 12.5. The number of alkyl halides is 3. The molecule has 8 atom stereocenters. The van der Waals surface area contributed by atoms with E-state index in [-0.39, 0.29) is 45.1 Å². The summed E-state index contributed by atoms with van der Waals surface area (Å²) < 4.78 is 47.0. The number of fused-ring (bicyclic) bond motifs is 2. The van der Waals surface area contributed by atoms with Crippen LogP contribution in [0.4, 0.5) is 13.2 Å². The number of ketones is 1. The molecular formula is C43H45ClF3NO4. The van der Waals surface area contributed by atoms with Crippen LogP contribution in [-0.4, -0.2) is 45.7 Å². The van der Waals surface area contributed by atoms with Crippen LogP contribution in [0.25, 0.3) is 11.3 Å². The molecule has 5 nitrogen and oxygen atoms in total. The minimum Gasteiger partial charge on any atom is -0.453 e. The lowest BCUT2D eigenvalue weighted by atomic mass is 9.32. The van der Waals surface area contributed by atoms with Crippen molar-refractivity contribution in [1.29, 1.82) is 0 Å². The molecule has 2 spiro atoms. The van der Waals surface area contributed by atoms with E-state index in [4.69, 9.17) is 16.0 Å². The maximum absolute atomic E-state index is 15.0. The molecule has 9 heteroatoms. The Morgan fingerprint density at radius 3 is 2.48 bits per heavy atom. The second kappa shape index (κ2) is 11.4. The Kier molecular flexibility index (Phi) is 7.60. The minimum atomic E-state index is -4.57. The molecule has 52 heavy (non-hydrogen) atoms. The SMILES string of the molecule is CC12CCC(O)CC13C=CC1(C(C(=O)c4ccc(-c5cc(C(F)(F)F)ccc5Cl)o4)=C3)C2CCC2(C)C1CCC2(O)CN1CCc2ccccc2C1. The number of furan rings is 1. The van der Waals surface area contributed by atoms with Crippen molar-refractivity contribution in [2.24, 2.45) is 33.5 Å². The highest BCUT2D eigenvalue weighted by Crippen LogP contribution is 2.78. The molecule has 10 rings (SSSR count). The van der Waals surface area contributed by atoms with Crippen LogP contribution in [0.3, 0.4) is 0 Å². The predicted octanol–water partition coefficient (Wildman–Crippen LogP) is 9.45. The van der Waals surface area contributed by atoms with Gasteiger partial charge in [0.25, 0.3) is 0 Å². The van der Waals surface area contributed by atoms with Crippen LogP contribution in [0.5, 0.6) is 0 Å². The first kappa shape index (κ1) is 34.6. The molecule has 0 amide bonds. The second-order valence-electron chi connectivity index (χ2n) is 17.2. The average Bonchev–Trinajstić information content (AvgIpc) is 3.70. The van der Waals surface area contributed by atoms with Gasteiger partial charge in [-0.2, -0.15) is 13.2 Å². The van der Waals surface area contributed by atoms with Crippen LogP contribution < -0.4 is 0 Å². The van der Waals surface area contributed by atoms with Crippen LogP contribution in [0, 0.1) is 33.5 Å². The molecule has 1 aliphatic heterocycles. The number of carbonyl (C=O) groups is 1. The average molecular weight is 732 g/mol. The maximum atomic E-state index is 15.0. The van der Waals surface area contributed by atoms with Gasteiger partial charge in [-0.1, -0.05) is 67.9 Å². The zero-order valence-electron chi connectivity index (χ0n) is 29.6. The molecular weight excluding hydrogens is 687 g/mol. The first-order chi connectivity index (χ1) is 24.6. The van der Waals surface area contributed by atoms with Crippen molar-refractivity contribution in [3.63, 3.8) is 0 Å². The molecule has 3 aromatic rings. The van der Waals surface area contributed by atoms with Crippen molar-refractivity contribution in [2.75, 3.05) is 13.1 Å². The van der Waals surface area contributed by atoms with Gasteiger partial charge in [0.05, 0.1) is 22.3 Å². The number of hydrogen-bond donors (Lipinski definition) is 2. The largest absolute Gasteiger partial charge is 0.453 e. The first-order valence-electron chi connectivity index (χ1n) is 18.8. The van der Waals surface area contributed by atoms with E-state index in [0.717, 1.165) is 57.3 Å². The van der Waals surface area contributed by atoms with Gasteiger partial charge >= 0.3 is 6.18 Å². The molecule has 2 N–H and O–H groups in total. The molecule has 3 fully saturated rings. The van der Waals surface area contributed by atoms with Gasteiger partial charge in [0.2, 0.25) is 5.78 Å². The predicted molar refractivity (Wildman–Crippen MR) is 192 cm³/mol. The molecule has 2 aromatic carbocycles. The van der Waals surface area contributed by atoms with Gasteiger partial charge in [0.1, 0.15) is 5.76 Å². The topological polar surface area (TPSA) is 73.9 Å². The van der Waals surface area contributed by atoms with E-state index in [1.807, 2.05) is 0 Å². The highest BCUT2D eigenvalue weighted by molar-refractivity contribution is 6.33. The number of hydrogen-bond acceptors (Lipinski definition) is 5. The van der Waals surface area contributed by atoms with Crippen molar-refractivity contribution in [2.45, 2.75) is 89.6 Å². The summed E-state index contributed by atoms with van der Waals surface area (Å²) in [5, 5.41) is 24.0. The number of allylic oxidation sites excluding steroid dienone is 4. The van der Waals surface area contributed by atoms with Crippen LogP contribution in [0.15, 0.2) is 82.8 Å². The zero-order chi connectivity index (χ0) is 36.5. The smallest absolute Gasteiger partial charge is 0.416 e. The summed E-state index contributed by atoms with van der Waals surface area (Å²) in [4.78, 5) is 17.4. The number of benzene rings is 2. The number of aliphatic hydroxyl groups is 2. The van der Waals surface area contributed by atoms with E-state index in [1.165, 1.54) is 23.3 Å². The number of β-amino-alcohol motifs (C(OH)–C–C–N with tert-alkyl or cyclic N) is 1. The van der Waals surface area contributed by atoms with E-state index >= 15 is 0 Å². The summed E-state index contributed by atoms with van der Waals surface area (Å²) in [6.45, 7) is 6.84. The number of carbonyl (C=O) groups excluding carboxylic acids is 1. The van der Waals surface area contributed by atoms with Gasteiger partial charge in [-0.25, -0.2) is 0 Å². The molecule has 0 radical (unpaired) electrons. The van der Waals surface area contributed by atoms with E-state index in [1.54, 1.807) is 6.07 Å². The fraction of sp³-hybridized carbons (Fsp3) is 0.512. The number of rotatable bonds is 5. The van der Waals surface area contributed by atoms with Gasteiger partial charge in [0, 0.05) is 47.0 Å². The summed E-state index contributed by atoms with van der Waals surface area (Å²) in [5.41, 5.74) is -0.301. The van der Waals surface area contributed by atoms with Crippen LogP contribution in [-0.2, 0) is 19.1 Å². The lowest BCUT2D eigenvalue weighted by Gasteiger charge is -2.71. The highest BCUT2D eigenvalue weighted by Gasteiger charge is 2.74. The zero-order valence-corrected chi connectivity index (χ0v) is 30.4. The van der Waals surface area contributed by atoms with Crippen LogP contribution in [0.2, 0.25) is 5.02 Å². The van der Waals surface area contributed by atoms with Crippen LogP contribution in [0.1, 0.15) is 86.0 Å². The van der Waals surface area contributed by atoms with Crippen molar-refractivity contribution >= 4 is 17.4 Å². The molecule has 274 valence electrons. The Morgan fingerprint density at radius 1 is 0.962 bits per heavy atom. The van der Waals surface area contributed by atoms with Gasteiger partial charge in [-0.05, 0) is 110 Å². The quantitative estimate of drug-likeness (QED) is 0.202. The Labute approximate surface area is 307 Å². The number of Topliss-reactive ketones (excluding diaryl/α,β-unsaturated/α-hetero) is 1. The lowest BCUT2D eigenvalue weighted by Crippen LogP contribution is -2.67. The van der Waals surface area contributed by atoms with Crippen molar-refractivity contribution < 1.29 is 32.6 Å². The van der Waals surface area contributed by atoms with E-state index in [0.29, 0.717) is 31.4 Å². The minimum absolute atomic E-state index is 0.0263. The summed E-state index contributed by atoms with van der Waals surface area (Å²) >= 11 is 6.38. The number of nitrogens with zero attached hydrogens (tertiary/aromatic N) is 1. The Balaban J connectivity index is 1.11. The molecule has 2 bridgehead atoms. The maximum Gasteiger partial charge on any atom is 0.416 e. The molecule has 3 saturated carbocycles. The normalized spacial score (nSPS) is 37.9. The van der Waals surface area contributed by atoms with Gasteiger partial charge in [0.15, 0.2) is 5.76 Å². The third kappa shape index (κ3) is 4.69. The lowest BCUT2D eigenvalue weighted by molar-refractivity contribution is -0.176. The molecule has 7 aliphatic rings. The van der Waals surface area contributed by atoms with Crippen molar-refractivity contribution in [3.05, 3.63) is 106 Å². The molecule has 1 aromatic heterocycles. The van der Waals surface area contributed by atoms with Crippen LogP contribution >= 0.6 is 11.6 Å². The summed E-state index contributed by atoms with van der Waals surface area (Å²) in [6, 6.07) is 14.7. The summed E-state index contributed by atoms with van der Waals surface area (Å²) in [5.74, 6) is -0.0745.